The number of aromatic nitrogens is 3. The first-order chi connectivity index (χ1) is 9.22. The first-order valence-corrected chi connectivity index (χ1v) is 5.91. The predicted molar refractivity (Wildman–Crippen MR) is 73.3 cm³/mol. The summed E-state index contributed by atoms with van der Waals surface area (Å²) in [6.45, 7) is 0. The molecule has 2 N–H and O–H groups in total. The number of anilines is 1. The van der Waals surface area contributed by atoms with Crippen LogP contribution in [0.4, 0.5) is 5.69 Å². The first kappa shape index (κ1) is 11.7. The number of ether oxygens (including phenoxy) is 1. The highest BCUT2D eigenvalue weighted by molar-refractivity contribution is 6.32. The molecule has 0 fully saturated rings. The van der Waals surface area contributed by atoms with E-state index in [0.717, 1.165) is 0 Å². The van der Waals surface area contributed by atoms with Crippen LogP contribution in [0, 0.1) is 0 Å². The maximum absolute atomic E-state index is 6.03. The number of rotatable bonds is 2. The third kappa shape index (κ3) is 2.41. The highest BCUT2D eigenvalue weighted by atomic mass is 35.5. The minimum atomic E-state index is 0.389. The van der Waals surface area contributed by atoms with Crippen molar-refractivity contribution in [1.82, 2.24) is 15.0 Å². The molecule has 2 heterocycles. The van der Waals surface area contributed by atoms with Gasteiger partial charge in [0.2, 0.25) is 5.88 Å². The van der Waals surface area contributed by atoms with E-state index in [-0.39, 0.29) is 0 Å². The maximum Gasteiger partial charge on any atom is 0.221 e. The molecule has 5 nitrogen and oxygen atoms in total. The monoisotopic (exact) mass is 272 g/mol. The molecule has 94 valence electrons. The minimum absolute atomic E-state index is 0.389. The number of nitrogens with two attached hydrogens (primary N) is 1. The zero-order valence-electron chi connectivity index (χ0n) is 9.75. The Hall–Kier alpha value is -2.40. The van der Waals surface area contributed by atoms with Crippen molar-refractivity contribution in [3.05, 3.63) is 47.7 Å². The molecule has 0 aliphatic rings. The van der Waals surface area contributed by atoms with Crippen LogP contribution in [0.15, 0.2) is 42.7 Å². The van der Waals surface area contributed by atoms with Crippen LogP contribution in [0.3, 0.4) is 0 Å². The number of halogens is 1. The molecule has 3 aromatic rings. The van der Waals surface area contributed by atoms with Gasteiger partial charge in [0.05, 0.1) is 5.02 Å². The SMILES string of the molecule is Nc1ccc(Cl)c(Oc2ccc3nccnc3n2)c1. The van der Waals surface area contributed by atoms with Gasteiger partial charge in [-0.05, 0) is 18.2 Å². The topological polar surface area (TPSA) is 73.9 Å². The Balaban J connectivity index is 1.98. The fourth-order valence-corrected chi connectivity index (χ4v) is 1.76. The standard InChI is InChI=1S/C13H9ClN4O/c14-9-2-1-8(15)7-11(9)19-12-4-3-10-13(18-12)17-6-5-16-10/h1-7H,15H2. The molecule has 0 spiro atoms. The minimum Gasteiger partial charge on any atom is -0.437 e. The number of nitrogen functional groups attached to an aromatic ring is 1. The predicted octanol–water partition coefficient (Wildman–Crippen LogP) is 3.05. The fourth-order valence-electron chi connectivity index (χ4n) is 1.60. The van der Waals surface area contributed by atoms with Crippen molar-refractivity contribution in [3.8, 4) is 11.6 Å². The molecular weight excluding hydrogens is 264 g/mol. The van der Waals surface area contributed by atoms with Crippen molar-refractivity contribution in [2.75, 3.05) is 5.73 Å². The van der Waals surface area contributed by atoms with E-state index in [1.54, 1.807) is 42.7 Å². The number of hydrogen-bond donors (Lipinski definition) is 1. The van der Waals surface area contributed by atoms with Crippen LogP contribution >= 0.6 is 11.6 Å². The molecule has 19 heavy (non-hydrogen) atoms. The molecule has 0 saturated carbocycles. The maximum atomic E-state index is 6.03. The lowest BCUT2D eigenvalue weighted by molar-refractivity contribution is 0.465. The summed E-state index contributed by atoms with van der Waals surface area (Å²) < 4.78 is 5.61. The molecule has 2 aromatic heterocycles. The van der Waals surface area contributed by atoms with E-state index in [1.165, 1.54) is 0 Å². The van der Waals surface area contributed by atoms with Crippen molar-refractivity contribution < 1.29 is 4.74 Å². The molecule has 0 bridgehead atoms. The number of benzene rings is 1. The van der Waals surface area contributed by atoms with Gasteiger partial charge in [-0.1, -0.05) is 11.6 Å². The van der Waals surface area contributed by atoms with Crippen molar-refractivity contribution in [3.63, 3.8) is 0 Å². The Morgan fingerprint density at radius 3 is 2.79 bits per heavy atom. The van der Waals surface area contributed by atoms with Crippen LogP contribution in [0.2, 0.25) is 5.02 Å². The smallest absolute Gasteiger partial charge is 0.221 e. The van der Waals surface area contributed by atoms with Gasteiger partial charge in [-0.2, -0.15) is 4.98 Å². The summed E-state index contributed by atoms with van der Waals surface area (Å²) in [6.07, 6.45) is 3.19. The third-order valence-corrected chi connectivity index (χ3v) is 2.79. The fraction of sp³-hybridized carbons (Fsp3) is 0. The molecule has 0 amide bonds. The summed E-state index contributed by atoms with van der Waals surface area (Å²) in [7, 11) is 0. The van der Waals surface area contributed by atoms with Gasteiger partial charge in [0.1, 0.15) is 11.3 Å². The second-order valence-corrected chi connectivity index (χ2v) is 4.25. The molecule has 0 unspecified atom stereocenters. The summed E-state index contributed by atoms with van der Waals surface area (Å²) in [5, 5.41) is 0.468. The molecule has 1 aromatic carbocycles. The zero-order valence-corrected chi connectivity index (χ0v) is 10.5. The van der Waals surface area contributed by atoms with Crippen LogP contribution in [0.1, 0.15) is 0 Å². The molecule has 0 atom stereocenters. The van der Waals surface area contributed by atoms with Gasteiger partial charge in [0.15, 0.2) is 5.65 Å². The molecule has 0 saturated heterocycles. The van der Waals surface area contributed by atoms with E-state index < -0.39 is 0 Å². The number of hydrogen-bond acceptors (Lipinski definition) is 5. The van der Waals surface area contributed by atoms with Crippen molar-refractivity contribution in [2.45, 2.75) is 0 Å². The number of pyridine rings is 1. The van der Waals surface area contributed by atoms with Gasteiger partial charge >= 0.3 is 0 Å². The average Bonchev–Trinajstić information content (AvgIpc) is 2.43. The molecule has 3 rings (SSSR count). The highest BCUT2D eigenvalue weighted by Crippen LogP contribution is 2.30. The average molecular weight is 273 g/mol. The van der Waals surface area contributed by atoms with Crippen LogP contribution in [-0.4, -0.2) is 15.0 Å². The zero-order chi connectivity index (χ0) is 13.2. The van der Waals surface area contributed by atoms with E-state index in [4.69, 9.17) is 22.1 Å². The third-order valence-electron chi connectivity index (χ3n) is 2.48. The Kier molecular flexibility index (Phi) is 2.89. The van der Waals surface area contributed by atoms with Gasteiger partial charge in [-0.3, -0.25) is 4.98 Å². The van der Waals surface area contributed by atoms with Crippen LogP contribution in [-0.2, 0) is 0 Å². The first-order valence-electron chi connectivity index (χ1n) is 5.53. The molecule has 0 aliphatic carbocycles. The van der Waals surface area contributed by atoms with Gasteiger partial charge in [-0.15, -0.1) is 0 Å². The molecule has 0 aliphatic heterocycles. The lowest BCUT2D eigenvalue weighted by Gasteiger charge is -2.07. The highest BCUT2D eigenvalue weighted by Gasteiger charge is 2.06. The van der Waals surface area contributed by atoms with Gasteiger partial charge in [0, 0.05) is 30.2 Å². The summed E-state index contributed by atoms with van der Waals surface area (Å²) in [4.78, 5) is 12.5. The largest absolute Gasteiger partial charge is 0.437 e. The second kappa shape index (κ2) is 4.70. The van der Waals surface area contributed by atoms with Crippen molar-refractivity contribution >= 4 is 28.5 Å². The second-order valence-electron chi connectivity index (χ2n) is 3.84. The van der Waals surface area contributed by atoms with Crippen molar-refractivity contribution in [2.24, 2.45) is 0 Å². The van der Waals surface area contributed by atoms with Crippen molar-refractivity contribution in [1.29, 1.82) is 0 Å². The van der Waals surface area contributed by atoms with E-state index in [9.17, 15) is 0 Å². The normalized spacial score (nSPS) is 10.6. The van der Waals surface area contributed by atoms with Crippen LogP contribution < -0.4 is 10.5 Å². The van der Waals surface area contributed by atoms with Gasteiger partial charge in [-0.25, -0.2) is 4.98 Å². The van der Waals surface area contributed by atoms with Crippen LogP contribution in [0.25, 0.3) is 11.2 Å². The molecule has 0 radical (unpaired) electrons. The molecular formula is C13H9ClN4O. The van der Waals surface area contributed by atoms with Crippen LogP contribution in [0.5, 0.6) is 11.6 Å². The quantitative estimate of drug-likeness (QED) is 0.726. The van der Waals surface area contributed by atoms with Gasteiger partial charge < -0.3 is 10.5 Å². The van der Waals surface area contributed by atoms with Gasteiger partial charge in [0.25, 0.3) is 0 Å². The Morgan fingerprint density at radius 1 is 1.05 bits per heavy atom. The lowest BCUT2D eigenvalue weighted by atomic mass is 10.3. The van der Waals surface area contributed by atoms with E-state index in [0.29, 0.717) is 33.5 Å². The summed E-state index contributed by atoms with van der Waals surface area (Å²) in [5.74, 6) is 0.845. The van der Waals surface area contributed by atoms with E-state index in [2.05, 4.69) is 15.0 Å². The van der Waals surface area contributed by atoms with E-state index in [1.807, 2.05) is 0 Å². The Bertz CT molecular complexity index is 748. The van der Waals surface area contributed by atoms with E-state index >= 15 is 0 Å². The Morgan fingerprint density at radius 2 is 1.89 bits per heavy atom. The lowest BCUT2D eigenvalue weighted by Crippen LogP contribution is -1.93. The summed E-state index contributed by atoms with van der Waals surface area (Å²) >= 11 is 6.03. The number of nitrogens with zero attached hydrogens (tertiary/aromatic N) is 3. The summed E-state index contributed by atoms with van der Waals surface area (Å²) in [5.41, 5.74) is 7.48. The molecule has 6 heteroatoms. The summed E-state index contributed by atoms with van der Waals surface area (Å²) in [6, 6.07) is 8.51. The Labute approximate surface area is 114 Å². The number of fused-ring (bicyclic) bond motifs is 1.